The largest absolute Gasteiger partial charge is 0.356 e. The van der Waals surface area contributed by atoms with Crippen molar-refractivity contribution in [2.24, 2.45) is 10.9 Å². The summed E-state index contributed by atoms with van der Waals surface area (Å²) >= 11 is 1.78. The highest BCUT2D eigenvalue weighted by atomic mass is 32.1. The van der Waals surface area contributed by atoms with Gasteiger partial charge in [0.25, 0.3) is 0 Å². The van der Waals surface area contributed by atoms with Crippen molar-refractivity contribution in [3.8, 4) is 0 Å². The minimum Gasteiger partial charge on any atom is -0.356 e. The van der Waals surface area contributed by atoms with Gasteiger partial charge in [-0.2, -0.15) is 0 Å². The number of thiazole rings is 1. The minimum absolute atomic E-state index is 0.0540. The van der Waals surface area contributed by atoms with Gasteiger partial charge in [0, 0.05) is 37.5 Å². The maximum absolute atomic E-state index is 13.6. The van der Waals surface area contributed by atoms with Crippen LogP contribution in [-0.4, -0.2) is 49.1 Å². The van der Waals surface area contributed by atoms with E-state index in [-0.39, 0.29) is 11.2 Å². The van der Waals surface area contributed by atoms with E-state index in [1.165, 1.54) is 29.6 Å². The van der Waals surface area contributed by atoms with Crippen molar-refractivity contribution in [3.63, 3.8) is 0 Å². The summed E-state index contributed by atoms with van der Waals surface area (Å²) in [4.78, 5) is 11.6. The van der Waals surface area contributed by atoms with Crippen LogP contribution in [0.5, 0.6) is 0 Å². The van der Waals surface area contributed by atoms with Gasteiger partial charge in [0.2, 0.25) is 0 Å². The second kappa shape index (κ2) is 10.1. The average Bonchev–Trinajstić information content (AvgIpc) is 3.45. The van der Waals surface area contributed by atoms with Crippen molar-refractivity contribution in [2.45, 2.75) is 51.0 Å². The number of nitrogens with zero attached hydrogens (tertiary/aromatic N) is 3. The van der Waals surface area contributed by atoms with Gasteiger partial charge in [0.05, 0.1) is 10.7 Å². The molecule has 1 saturated heterocycles. The van der Waals surface area contributed by atoms with Crippen LogP contribution in [0.3, 0.4) is 0 Å². The van der Waals surface area contributed by atoms with Crippen LogP contribution in [0.15, 0.2) is 34.6 Å². The third-order valence-electron chi connectivity index (χ3n) is 6.66. The van der Waals surface area contributed by atoms with E-state index in [2.05, 4.69) is 32.8 Å². The molecule has 1 aromatic carbocycles. The summed E-state index contributed by atoms with van der Waals surface area (Å²) in [5.74, 6) is 1.35. The highest BCUT2D eigenvalue weighted by Gasteiger charge is 2.44. The Morgan fingerprint density at radius 2 is 2.10 bits per heavy atom. The molecule has 1 aromatic heterocycles. The topological polar surface area (TPSA) is 52.6 Å². The van der Waals surface area contributed by atoms with Gasteiger partial charge in [0.15, 0.2) is 5.96 Å². The first-order chi connectivity index (χ1) is 15.1. The Kier molecular flexibility index (Phi) is 7.23. The number of likely N-dealkylation sites (tertiary alicyclic amines) is 1. The quantitative estimate of drug-likeness (QED) is 0.479. The molecule has 1 aliphatic heterocycles. The van der Waals surface area contributed by atoms with Gasteiger partial charge < -0.3 is 10.6 Å². The Balaban J connectivity index is 1.18. The average molecular weight is 444 g/mol. The molecule has 2 fully saturated rings. The molecule has 2 aromatic rings. The number of benzene rings is 1. The summed E-state index contributed by atoms with van der Waals surface area (Å²) in [7, 11) is 1.82. The van der Waals surface area contributed by atoms with E-state index < -0.39 is 0 Å². The van der Waals surface area contributed by atoms with E-state index in [4.69, 9.17) is 4.98 Å². The Labute approximate surface area is 189 Å². The Morgan fingerprint density at radius 1 is 1.29 bits per heavy atom. The second-order valence-electron chi connectivity index (χ2n) is 8.90. The zero-order valence-corrected chi connectivity index (χ0v) is 19.5. The lowest BCUT2D eigenvalue weighted by atomic mass is 9.96. The molecule has 0 amide bonds. The summed E-state index contributed by atoms with van der Waals surface area (Å²) < 4.78 is 13.6. The number of aryl methyl sites for hydroxylation is 1. The SMILES string of the molecule is CCc1nc(CN2CCC(CNC(=NC)NCC3(c4cccc(F)c4)CC3)CC2)cs1. The van der Waals surface area contributed by atoms with Crippen molar-refractivity contribution in [3.05, 3.63) is 51.7 Å². The normalized spacial score (nSPS) is 19.4. The van der Waals surface area contributed by atoms with Gasteiger partial charge in [-0.15, -0.1) is 11.3 Å². The van der Waals surface area contributed by atoms with Crippen molar-refractivity contribution in [1.82, 2.24) is 20.5 Å². The van der Waals surface area contributed by atoms with Gasteiger partial charge in [-0.05, 0) is 68.8 Å². The van der Waals surface area contributed by atoms with Crippen LogP contribution in [0.1, 0.15) is 48.9 Å². The molecule has 4 rings (SSSR count). The maximum atomic E-state index is 13.6. The molecule has 7 heteroatoms. The van der Waals surface area contributed by atoms with E-state index in [1.54, 1.807) is 23.5 Å². The third kappa shape index (κ3) is 5.83. The molecule has 0 unspecified atom stereocenters. The standard InChI is InChI=1S/C24H34FN5S/c1-3-22-29-21(16-31-22)15-30-11-7-18(8-12-30)14-27-23(26-2)28-17-24(9-10-24)19-5-4-6-20(25)13-19/h4-6,13,16,18H,3,7-12,14-15,17H2,1-2H3,(H2,26,27,28). The fraction of sp³-hybridized carbons (Fsp3) is 0.583. The lowest BCUT2D eigenvalue weighted by Gasteiger charge is -2.32. The predicted octanol–water partition coefficient (Wildman–Crippen LogP) is 3.95. The van der Waals surface area contributed by atoms with Crippen LogP contribution in [0, 0.1) is 11.7 Å². The number of hydrogen-bond acceptors (Lipinski definition) is 4. The number of hydrogen-bond donors (Lipinski definition) is 2. The van der Waals surface area contributed by atoms with Gasteiger partial charge in [-0.25, -0.2) is 9.37 Å². The lowest BCUT2D eigenvalue weighted by Crippen LogP contribution is -2.44. The fourth-order valence-electron chi connectivity index (χ4n) is 4.41. The predicted molar refractivity (Wildman–Crippen MR) is 126 cm³/mol. The minimum atomic E-state index is -0.154. The lowest BCUT2D eigenvalue weighted by molar-refractivity contribution is 0.176. The molecule has 5 nitrogen and oxygen atoms in total. The number of piperidine rings is 1. The number of aromatic nitrogens is 1. The van der Waals surface area contributed by atoms with E-state index in [0.717, 1.165) is 63.5 Å². The Hall–Kier alpha value is -1.99. The molecule has 0 bridgehead atoms. The van der Waals surface area contributed by atoms with Crippen LogP contribution in [0.25, 0.3) is 0 Å². The Bertz CT molecular complexity index is 884. The van der Waals surface area contributed by atoms with Crippen molar-refractivity contribution in [2.75, 3.05) is 33.2 Å². The highest BCUT2D eigenvalue weighted by Crippen LogP contribution is 2.47. The van der Waals surface area contributed by atoms with Crippen LogP contribution >= 0.6 is 11.3 Å². The first kappa shape index (κ1) is 22.2. The molecule has 2 aliphatic rings. The van der Waals surface area contributed by atoms with Gasteiger partial charge in [-0.3, -0.25) is 9.89 Å². The summed E-state index contributed by atoms with van der Waals surface area (Å²) in [6.07, 6.45) is 5.61. The monoisotopic (exact) mass is 443 g/mol. The molecule has 2 N–H and O–H groups in total. The zero-order valence-electron chi connectivity index (χ0n) is 18.7. The smallest absolute Gasteiger partial charge is 0.191 e. The van der Waals surface area contributed by atoms with Crippen molar-refractivity contribution < 1.29 is 4.39 Å². The van der Waals surface area contributed by atoms with Crippen LogP contribution in [0.4, 0.5) is 4.39 Å². The molecule has 0 atom stereocenters. The van der Waals surface area contributed by atoms with Crippen LogP contribution < -0.4 is 10.6 Å². The molecule has 31 heavy (non-hydrogen) atoms. The molecule has 168 valence electrons. The Morgan fingerprint density at radius 3 is 2.74 bits per heavy atom. The highest BCUT2D eigenvalue weighted by molar-refractivity contribution is 7.09. The molecule has 0 spiro atoms. The van der Waals surface area contributed by atoms with E-state index in [1.807, 2.05) is 13.1 Å². The molecule has 0 radical (unpaired) electrons. The zero-order chi connectivity index (χ0) is 21.7. The van der Waals surface area contributed by atoms with Crippen molar-refractivity contribution >= 4 is 17.3 Å². The second-order valence-corrected chi connectivity index (χ2v) is 9.85. The summed E-state index contributed by atoms with van der Waals surface area (Å²) in [5, 5.41) is 10.4. The molecule has 1 saturated carbocycles. The fourth-order valence-corrected chi connectivity index (χ4v) is 5.15. The number of rotatable bonds is 8. The van der Waals surface area contributed by atoms with Gasteiger partial charge in [0.1, 0.15) is 5.82 Å². The number of halogens is 1. The summed E-state index contributed by atoms with van der Waals surface area (Å²) in [5.41, 5.74) is 2.36. The molecular weight excluding hydrogens is 409 g/mol. The van der Waals surface area contributed by atoms with Gasteiger partial charge in [-0.1, -0.05) is 19.1 Å². The van der Waals surface area contributed by atoms with Gasteiger partial charge >= 0.3 is 0 Å². The third-order valence-corrected chi connectivity index (χ3v) is 7.70. The number of guanidine groups is 1. The van der Waals surface area contributed by atoms with E-state index >= 15 is 0 Å². The van der Waals surface area contributed by atoms with Crippen LogP contribution in [-0.2, 0) is 18.4 Å². The molecule has 1 aliphatic carbocycles. The van der Waals surface area contributed by atoms with Crippen LogP contribution in [0.2, 0.25) is 0 Å². The number of nitrogens with one attached hydrogen (secondary N) is 2. The summed E-state index contributed by atoms with van der Waals surface area (Å²) in [6.45, 7) is 7.12. The van der Waals surface area contributed by atoms with E-state index in [0.29, 0.717) is 5.92 Å². The first-order valence-electron chi connectivity index (χ1n) is 11.5. The van der Waals surface area contributed by atoms with Crippen molar-refractivity contribution in [1.29, 1.82) is 0 Å². The molecule has 2 heterocycles. The first-order valence-corrected chi connectivity index (χ1v) is 12.3. The summed E-state index contributed by atoms with van der Waals surface area (Å²) in [6, 6.07) is 7.03. The molecular formula is C24H34FN5S. The number of aliphatic imine (C=N–C) groups is 1. The van der Waals surface area contributed by atoms with E-state index in [9.17, 15) is 4.39 Å². The maximum Gasteiger partial charge on any atom is 0.191 e.